The summed E-state index contributed by atoms with van der Waals surface area (Å²) < 4.78 is 21.4. The molecule has 6 N–H and O–H groups in total. The predicted molar refractivity (Wildman–Crippen MR) is 268 cm³/mol. The lowest BCUT2D eigenvalue weighted by molar-refractivity contribution is -0.137. The molecule has 0 saturated heterocycles. The molecule has 0 bridgehead atoms. The van der Waals surface area contributed by atoms with Gasteiger partial charge in [0.2, 0.25) is 11.8 Å². The van der Waals surface area contributed by atoms with Gasteiger partial charge in [-0.2, -0.15) is 0 Å². The summed E-state index contributed by atoms with van der Waals surface area (Å²) in [5.41, 5.74) is 6.84. The van der Waals surface area contributed by atoms with Gasteiger partial charge in [-0.05, 0) is 51.9 Å². The number of nitrogens with two attached hydrogens (primary N) is 1. The summed E-state index contributed by atoms with van der Waals surface area (Å²) in [4.78, 5) is 89.4. The largest absolute Gasteiger partial charge is 0.481 e. The molecule has 1 aromatic rings. The smallest absolute Gasteiger partial charge is 0.303 e. The van der Waals surface area contributed by atoms with Crippen LogP contribution in [0.2, 0.25) is 0 Å². The summed E-state index contributed by atoms with van der Waals surface area (Å²) in [6.07, 6.45) is 27.1. The van der Waals surface area contributed by atoms with E-state index in [1.165, 1.54) is 83.9 Å². The molecule has 0 radical (unpaired) electrons. The van der Waals surface area contributed by atoms with Crippen LogP contribution in [0.5, 0.6) is 0 Å². The van der Waals surface area contributed by atoms with Gasteiger partial charge in [0.05, 0.1) is 45.4 Å². The second-order valence-electron chi connectivity index (χ2n) is 17.9. The molecule has 0 aliphatic rings. The normalized spacial score (nSPS) is 11.9. The number of unbranched alkanes of at least 4 members (excludes halogenated alkanes) is 13. The molecule has 2 amide bonds. The Bertz CT molecular complexity index is 1460. The highest BCUT2D eigenvalue weighted by atomic mass is 16.5. The van der Waals surface area contributed by atoms with E-state index in [9.17, 15) is 33.6 Å². The van der Waals surface area contributed by atoms with Gasteiger partial charge in [-0.15, -0.1) is 0 Å². The third-order valence-electron chi connectivity index (χ3n) is 11.4. The van der Waals surface area contributed by atoms with E-state index < -0.39 is 12.0 Å². The van der Waals surface area contributed by atoms with Gasteiger partial charge >= 0.3 is 5.97 Å². The van der Waals surface area contributed by atoms with Crippen molar-refractivity contribution in [3.63, 3.8) is 0 Å². The van der Waals surface area contributed by atoms with Crippen molar-refractivity contribution < 1.29 is 57.6 Å². The van der Waals surface area contributed by atoms with Crippen molar-refractivity contribution in [3.05, 3.63) is 18.2 Å². The monoisotopic (exact) mass is 980 g/mol. The Hall–Kier alpha value is -3.90. The van der Waals surface area contributed by atoms with Gasteiger partial charge in [-0.3, -0.25) is 28.8 Å². The number of carboxylic acids is 1. The molecule has 0 fully saturated rings. The Balaban J connectivity index is 0.00000215. The first-order valence-electron chi connectivity index (χ1n) is 26.2. The van der Waals surface area contributed by atoms with Crippen LogP contribution in [0.1, 0.15) is 193 Å². The number of aliphatic carboxylic acids is 1. The summed E-state index contributed by atoms with van der Waals surface area (Å²) in [5, 5.41) is 14.0. The molecule has 17 nitrogen and oxygen atoms in total. The SMILES string of the molecule is CCCC(=O)CCCOCCOCC(=O)NCCOCCOCC(=O)NCCCC[C@H](CCC(=O)[C@@H](N)Cc1cnc[nH]1)C(=O)CCCC(C)=O.CCCCCCCCCCCCCCCC(=O)O. The standard InChI is InChI=1S/C36H61N5O10.C16H32O2/c1-3-8-31(43)11-7-17-48-19-21-50-26-36(47)40-16-18-49-20-22-51-25-35(46)39-15-5-4-10-29(33(44)12-6-9-28(2)42)13-14-34(45)32(37)23-30-24-38-27-41-30;1-2-3-4-5-6-7-8-9-10-11-12-13-14-15-16(17)18/h24,27,29,32H,3-23,25-26,37H2,1-2H3,(H,38,41)(H,39,46)(H,40,47);2-15H2,1H3,(H,17,18)/t29-,32+;/m1./s1. The maximum Gasteiger partial charge on any atom is 0.303 e. The van der Waals surface area contributed by atoms with Crippen LogP contribution in [-0.2, 0) is 58.9 Å². The molecule has 17 heteroatoms. The maximum atomic E-state index is 12.9. The number of amides is 2. The topological polar surface area (TPSA) is 255 Å². The van der Waals surface area contributed by atoms with E-state index in [1.54, 1.807) is 6.20 Å². The molecular formula is C52H93N5O12. The highest BCUT2D eigenvalue weighted by molar-refractivity contribution is 5.86. The van der Waals surface area contributed by atoms with Crippen LogP contribution < -0.4 is 16.4 Å². The Morgan fingerprint density at radius 1 is 0.580 bits per heavy atom. The molecule has 0 aliphatic carbocycles. The summed E-state index contributed by atoms with van der Waals surface area (Å²) in [5.74, 6) is -1.26. The van der Waals surface area contributed by atoms with Crippen molar-refractivity contribution in [3.8, 4) is 0 Å². The summed E-state index contributed by atoms with van der Waals surface area (Å²) in [6, 6.07) is -0.676. The zero-order valence-corrected chi connectivity index (χ0v) is 42.9. The lowest BCUT2D eigenvalue weighted by atomic mass is 9.88. The first-order valence-corrected chi connectivity index (χ1v) is 26.2. The number of ketones is 4. The highest BCUT2D eigenvalue weighted by Gasteiger charge is 2.22. The van der Waals surface area contributed by atoms with E-state index in [2.05, 4.69) is 27.5 Å². The third-order valence-corrected chi connectivity index (χ3v) is 11.4. The fraction of sp³-hybridized carbons (Fsp3) is 0.808. The van der Waals surface area contributed by atoms with E-state index in [0.717, 1.165) is 25.0 Å². The molecule has 0 spiro atoms. The molecule has 2 atom stereocenters. The summed E-state index contributed by atoms with van der Waals surface area (Å²) >= 11 is 0. The molecule has 0 aliphatic heterocycles. The summed E-state index contributed by atoms with van der Waals surface area (Å²) in [7, 11) is 0. The van der Waals surface area contributed by atoms with Gasteiger partial charge < -0.3 is 50.2 Å². The number of hydrogen-bond acceptors (Lipinski definition) is 13. The molecule has 1 rings (SSSR count). The number of carboxylic acid groups (broad SMARTS) is 1. The average molecular weight is 980 g/mol. The number of ether oxygens (including phenoxy) is 4. The van der Waals surface area contributed by atoms with E-state index in [0.29, 0.717) is 103 Å². The van der Waals surface area contributed by atoms with Crippen LogP contribution in [0, 0.1) is 5.92 Å². The van der Waals surface area contributed by atoms with Gasteiger partial charge in [0, 0.05) is 82.5 Å². The third kappa shape index (κ3) is 45.0. The number of Topliss-reactive ketones (excluding diaryl/α,β-unsaturated/α-hetero) is 4. The molecule has 0 aromatic carbocycles. The van der Waals surface area contributed by atoms with Crippen LogP contribution in [0.25, 0.3) is 0 Å². The Morgan fingerprint density at radius 2 is 1.16 bits per heavy atom. The molecule has 69 heavy (non-hydrogen) atoms. The zero-order chi connectivity index (χ0) is 51.0. The second kappa shape index (κ2) is 47.8. The van der Waals surface area contributed by atoms with Crippen molar-refractivity contribution in [1.82, 2.24) is 20.6 Å². The number of carbonyl (C=O) groups is 7. The van der Waals surface area contributed by atoms with E-state index >= 15 is 0 Å². The number of nitrogens with one attached hydrogen (secondary N) is 3. The van der Waals surface area contributed by atoms with E-state index in [4.69, 9.17) is 29.8 Å². The van der Waals surface area contributed by atoms with Gasteiger partial charge in [0.15, 0.2) is 0 Å². The minimum absolute atomic E-state index is 0.0401. The number of aromatic nitrogens is 2. The average Bonchev–Trinajstić information content (AvgIpc) is 3.83. The number of rotatable bonds is 49. The molecule has 1 aromatic heterocycles. The van der Waals surface area contributed by atoms with Crippen molar-refractivity contribution in [2.45, 2.75) is 200 Å². The van der Waals surface area contributed by atoms with Crippen molar-refractivity contribution in [2.24, 2.45) is 11.7 Å². The van der Waals surface area contributed by atoms with Crippen LogP contribution in [-0.4, -0.2) is 128 Å². The Morgan fingerprint density at radius 3 is 1.72 bits per heavy atom. The zero-order valence-electron chi connectivity index (χ0n) is 42.9. The van der Waals surface area contributed by atoms with Gasteiger partial charge in [0.25, 0.3) is 0 Å². The van der Waals surface area contributed by atoms with E-state index in [-0.39, 0.29) is 86.9 Å². The highest BCUT2D eigenvalue weighted by Crippen LogP contribution is 2.20. The molecule has 0 unspecified atom stereocenters. The maximum absolute atomic E-state index is 12.9. The minimum Gasteiger partial charge on any atom is -0.481 e. The number of aromatic amines is 1. The first-order chi connectivity index (χ1) is 33.4. The lowest BCUT2D eigenvalue weighted by Gasteiger charge is -2.17. The predicted octanol–water partition coefficient (Wildman–Crippen LogP) is 7.74. The Kier molecular flexibility index (Phi) is 45.1. The first kappa shape index (κ1) is 65.1. The van der Waals surface area contributed by atoms with Gasteiger partial charge in [0.1, 0.15) is 36.3 Å². The fourth-order valence-electron chi connectivity index (χ4n) is 7.38. The van der Waals surface area contributed by atoms with Crippen molar-refractivity contribution >= 4 is 40.9 Å². The van der Waals surface area contributed by atoms with Crippen LogP contribution in [0.15, 0.2) is 12.5 Å². The number of imidazole rings is 1. The summed E-state index contributed by atoms with van der Waals surface area (Å²) in [6.45, 7) is 8.19. The quantitative estimate of drug-likeness (QED) is 0.0392. The van der Waals surface area contributed by atoms with Crippen LogP contribution in [0.3, 0.4) is 0 Å². The second-order valence-corrected chi connectivity index (χ2v) is 17.9. The van der Waals surface area contributed by atoms with Gasteiger partial charge in [-0.1, -0.05) is 97.3 Å². The number of H-pyrrole nitrogens is 1. The molecule has 398 valence electrons. The Labute approximate surface area is 414 Å². The van der Waals surface area contributed by atoms with Gasteiger partial charge in [-0.25, -0.2) is 4.98 Å². The molecular weight excluding hydrogens is 887 g/mol. The van der Waals surface area contributed by atoms with E-state index in [1.807, 2.05) is 6.92 Å². The molecule has 1 heterocycles. The minimum atomic E-state index is -0.676. The molecule has 0 saturated carbocycles. The van der Waals surface area contributed by atoms with Crippen LogP contribution >= 0.6 is 0 Å². The fourth-order valence-corrected chi connectivity index (χ4v) is 7.38. The number of carbonyl (C=O) groups excluding carboxylic acids is 6. The van der Waals surface area contributed by atoms with Crippen LogP contribution in [0.4, 0.5) is 0 Å². The number of nitrogens with zero attached hydrogens (tertiary/aromatic N) is 1. The van der Waals surface area contributed by atoms with Crippen molar-refractivity contribution in [2.75, 3.05) is 65.9 Å². The van der Waals surface area contributed by atoms with Crippen molar-refractivity contribution in [1.29, 1.82) is 0 Å². The lowest BCUT2D eigenvalue weighted by Crippen LogP contribution is -2.33. The number of hydrogen-bond donors (Lipinski definition) is 5.